The van der Waals surface area contributed by atoms with Gasteiger partial charge in [-0.2, -0.15) is 5.26 Å². The molecule has 7 nitrogen and oxygen atoms in total. The smallest absolute Gasteiger partial charge is 0.255 e. The van der Waals surface area contributed by atoms with Gasteiger partial charge in [0.2, 0.25) is 0 Å². The van der Waals surface area contributed by atoms with Gasteiger partial charge in [0.05, 0.1) is 18.2 Å². The van der Waals surface area contributed by atoms with E-state index in [4.69, 9.17) is 5.26 Å². The summed E-state index contributed by atoms with van der Waals surface area (Å²) >= 11 is 0. The summed E-state index contributed by atoms with van der Waals surface area (Å²) < 4.78 is 2.09. The highest BCUT2D eigenvalue weighted by Gasteiger charge is 2.30. The Morgan fingerprint density at radius 2 is 2.00 bits per heavy atom. The predicted molar refractivity (Wildman–Crippen MR) is 93.9 cm³/mol. The maximum Gasteiger partial charge on any atom is 0.255 e. The first-order valence-electron chi connectivity index (χ1n) is 8.32. The van der Waals surface area contributed by atoms with E-state index in [0.29, 0.717) is 24.3 Å². The van der Waals surface area contributed by atoms with Crippen molar-refractivity contribution in [3.63, 3.8) is 0 Å². The zero-order chi connectivity index (χ0) is 18.1. The maximum absolute atomic E-state index is 12.8. The summed E-state index contributed by atoms with van der Waals surface area (Å²) in [7, 11) is 0. The second kappa shape index (κ2) is 6.41. The molecule has 0 N–H and O–H groups in total. The van der Waals surface area contributed by atoms with Gasteiger partial charge < -0.3 is 9.47 Å². The van der Waals surface area contributed by atoms with E-state index in [-0.39, 0.29) is 11.9 Å². The second-order valence-corrected chi connectivity index (χ2v) is 6.25. The van der Waals surface area contributed by atoms with E-state index in [9.17, 15) is 4.79 Å². The van der Waals surface area contributed by atoms with Crippen molar-refractivity contribution in [1.29, 1.82) is 5.26 Å². The van der Waals surface area contributed by atoms with Gasteiger partial charge in [-0.1, -0.05) is 30.3 Å². The molecule has 3 aromatic rings. The van der Waals surface area contributed by atoms with Crippen LogP contribution >= 0.6 is 0 Å². The minimum absolute atomic E-state index is 0.0549. The van der Waals surface area contributed by atoms with Gasteiger partial charge in [-0.15, -0.1) is 10.2 Å². The van der Waals surface area contributed by atoms with Gasteiger partial charge in [0.1, 0.15) is 11.8 Å². The van der Waals surface area contributed by atoms with Crippen molar-refractivity contribution in [1.82, 2.24) is 24.6 Å². The van der Waals surface area contributed by atoms with Gasteiger partial charge >= 0.3 is 0 Å². The van der Waals surface area contributed by atoms with Crippen molar-refractivity contribution in [2.75, 3.05) is 6.54 Å². The van der Waals surface area contributed by atoms with Crippen LogP contribution in [-0.2, 0) is 6.54 Å². The monoisotopic (exact) mass is 344 g/mol. The lowest BCUT2D eigenvalue weighted by Crippen LogP contribution is -2.40. The first-order valence-corrected chi connectivity index (χ1v) is 8.32. The van der Waals surface area contributed by atoms with Crippen LogP contribution in [0.1, 0.15) is 34.8 Å². The summed E-state index contributed by atoms with van der Waals surface area (Å²) in [5, 5.41) is 17.5. The number of carbonyl (C=O) groups is 1. The molecule has 0 unspecified atom stereocenters. The van der Waals surface area contributed by atoms with Crippen molar-refractivity contribution in [2.24, 2.45) is 0 Å². The average Bonchev–Trinajstić information content (AvgIpc) is 3.13. The van der Waals surface area contributed by atoms with Crippen LogP contribution in [0.2, 0.25) is 0 Å². The standard InChI is InChI=1S/C19H16N6O/c1-13-11-24(19(26)15-7-8-16(9-20)21-10-15)12-17-22-23-18(25(13)17)14-5-3-2-4-6-14/h2-8,10,13H,11-12H2,1H3/t13-/m0/s1. The highest BCUT2D eigenvalue weighted by atomic mass is 16.2. The summed E-state index contributed by atoms with van der Waals surface area (Å²) in [6.07, 6.45) is 1.44. The third-order valence-corrected chi connectivity index (χ3v) is 4.47. The first kappa shape index (κ1) is 16.0. The molecule has 0 bridgehead atoms. The zero-order valence-corrected chi connectivity index (χ0v) is 14.2. The molecule has 1 atom stereocenters. The van der Waals surface area contributed by atoms with Crippen molar-refractivity contribution in [3.8, 4) is 17.5 Å². The summed E-state index contributed by atoms with van der Waals surface area (Å²) in [6.45, 7) is 3.00. The number of nitrogens with zero attached hydrogens (tertiary/aromatic N) is 6. The van der Waals surface area contributed by atoms with E-state index in [0.717, 1.165) is 17.2 Å². The van der Waals surface area contributed by atoms with E-state index in [1.807, 2.05) is 36.4 Å². The third kappa shape index (κ3) is 2.71. The number of pyridine rings is 1. The molecule has 2 aromatic heterocycles. The summed E-state index contributed by atoms with van der Waals surface area (Å²) in [6, 6.07) is 15.1. The van der Waals surface area contributed by atoms with E-state index in [1.165, 1.54) is 6.20 Å². The number of rotatable bonds is 2. The molecule has 0 radical (unpaired) electrons. The average molecular weight is 344 g/mol. The van der Waals surface area contributed by atoms with Crippen LogP contribution in [0.25, 0.3) is 11.4 Å². The van der Waals surface area contributed by atoms with Crippen LogP contribution in [0.4, 0.5) is 0 Å². The number of carbonyl (C=O) groups excluding carboxylic acids is 1. The fraction of sp³-hybridized carbons (Fsp3) is 0.211. The van der Waals surface area contributed by atoms with Crippen LogP contribution < -0.4 is 0 Å². The Labute approximate surface area is 150 Å². The Kier molecular flexibility index (Phi) is 3.93. The number of fused-ring (bicyclic) bond motifs is 1. The number of hydrogen-bond donors (Lipinski definition) is 0. The Morgan fingerprint density at radius 1 is 1.19 bits per heavy atom. The zero-order valence-electron chi connectivity index (χ0n) is 14.2. The van der Waals surface area contributed by atoms with Crippen molar-refractivity contribution in [2.45, 2.75) is 19.5 Å². The molecule has 4 rings (SSSR count). The number of hydrogen-bond acceptors (Lipinski definition) is 5. The lowest BCUT2D eigenvalue weighted by Gasteiger charge is -2.32. The number of aromatic nitrogens is 4. The van der Waals surface area contributed by atoms with Crippen LogP contribution in [0, 0.1) is 11.3 Å². The number of benzene rings is 1. The SMILES string of the molecule is C[C@H]1CN(C(=O)c2ccc(C#N)nc2)Cc2nnc(-c3ccccc3)n21. The molecule has 128 valence electrons. The van der Waals surface area contributed by atoms with Gasteiger partial charge in [-0.3, -0.25) is 4.79 Å². The molecule has 3 heterocycles. The summed E-state index contributed by atoms with van der Waals surface area (Å²) in [5.41, 5.74) is 1.77. The largest absolute Gasteiger partial charge is 0.329 e. The number of amides is 1. The first-order chi connectivity index (χ1) is 12.7. The van der Waals surface area contributed by atoms with Crippen LogP contribution in [0.15, 0.2) is 48.7 Å². The lowest BCUT2D eigenvalue weighted by atomic mass is 10.1. The van der Waals surface area contributed by atoms with Gasteiger partial charge in [-0.05, 0) is 19.1 Å². The Morgan fingerprint density at radius 3 is 2.69 bits per heavy atom. The normalized spacial score (nSPS) is 16.0. The van der Waals surface area contributed by atoms with Crippen molar-refractivity contribution >= 4 is 5.91 Å². The fourth-order valence-corrected chi connectivity index (χ4v) is 3.24. The molecule has 26 heavy (non-hydrogen) atoms. The molecule has 0 fully saturated rings. The van der Waals surface area contributed by atoms with Crippen LogP contribution in [0.3, 0.4) is 0 Å². The van der Waals surface area contributed by atoms with Crippen LogP contribution in [-0.4, -0.2) is 37.1 Å². The van der Waals surface area contributed by atoms with E-state index >= 15 is 0 Å². The molecule has 1 aliphatic heterocycles. The van der Waals surface area contributed by atoms with Gasteiger partial charge in [0, 0.05) is 18.3 Å². The van der Waals surface area contributed by atoms with Crippen molar-refractivity contribution < 1.29 is 4.79 Å². The fourth-order valence-electron chi connectivity index (χ4n) is 3.24. The molecular weight excluding hydrogens is 328 g/mol. The molecule has 0 aliphatic carbocycles. The second-order valence-electron chi connectivity index (χ2n) is 6.25. The van der Waals surface area contributed by atoms with E-state index < -0.39 is 0 Å². The van der Waals surface area contributed by atoms with E-state index in [2.05, 4.69) is 26.7 Å². The Hall–Kier alpha value is -3.53. The predicted octanol–water partition coefficient (Wildman–Crippen LogP) is 2.43. The Bertz CT molecular complexity index is 987. The maximum atomic E-state index is 12.8. The Balaban J connectivity index is 1.61. The lowest BCUT2D eigenvalue weighted by molar-refractivity contribution is 0.0681. The van der Waals surface area contributed by atoms with Crippen molar-refractivity contribution in [3.05, 3.63) is 65.7 Å². The van der Waals surface area contributed by atoms with Gasteiger partial charge in [-0.25, -0.2) is 4.98 Å². The summed E-state index contributed by atoms with van der Waals surface area (Å²) in [5.74, 6) is 1.46. The molecule has 1 aromatic carbocycles. The van der Waals surface area contributed by atoms with Gasteiger partial charge in [0.25, 0.3) is 5.91 Å². The highest BCUT2D eigenvalue weighted by Crippen LogP contribution is 2.28. The minimum atomic E-state index is -0.121. The molecule has 0 saturated carbocycles. The highest BCUT2D eigenvalue weighted by molar-refractivity contribution is 5.94. The molecular formula is C19H16N6O. The quantitative estimate of drug-likeness (QED) is 0.712. The third-order valence-electron chi connectivity index (χ3n) is 4.47. The molecule has 1 amide bonds. The molecule has 0 spiro atoms. The molecule has 0 saturated heterocycles. The van der Waals surface area contributed by atoms with E-state index in [1.54, 1.807) is 17.0 Å². The molecule has 1 aliphatic rings. The molecule has 7 heteroatoms. The topological polar surface area (TPSA) is 87.7 Å². The minimum Gasteiger partial charge on any atom is -0.329 e. The van der Waals surface area contributed by atoms with Crippen LogP contribution in [0.5, 0.6) is 0 Å². The summed E-state index contributed by atoms with van der Waals surface area (Å²) in [4.78, 5) is 18.5. The van der Waals surface area contributed by atoms with Gasteiger partial charge in [0.15, 0.2) is 11.6 Å². The number of nitriles is 1.